The van der Waals surface area contributed by atoms with Gasteiger partial charge in [-0.25, -0.2) is 0 Å². The number of carbonyl (C=O) groups is 2. The standard InChI is InChI=1S/C18H24N2O3/c1-23-16-9-7-14(8-10-16)13-19-17(21)11-12-18(22)20-15-5-3-2-4-6-15/h7-12,15H,2-6,13H2,1H3,(H,19,21)(H,20,22)/b12-11+. The highest BCUT2D eigenvalue weighted by Crippen LogP contribution is 2.17. The fourth-order valence-corrected chi connectivity index (χ4v) is 2.64. The lowest BCUT2D eigenvalue weighted by atomic mass is 9.95. The summed E-state index contributed by atoms with van der Waals surface area (Å²) in [5, 5.41) is 5.69. The van der Waals surface area contributed by atoms with Gasteiger partial charge in [-0.3, -0.25) is 9.59 Å². The Morgan fingerprint density at radius 3 is 2.39 bits per heavy atom. The number of rotatable bonds is 6. The fraction of sp³-hybridized carbons (Fsp3) is 0.444. The van der Waals surface area contributed by atoms with E-state index in [2.05, 4.69) is 10.6 Å². The average Bonchev–Trinajstić information content (AvgIpc) is 2.59. The lowest BCUT2D eigenvalue weighted by molar-refractivity contribution is -0.119. The smallest absolute Gasteiger partial charge is 0.244 e. The van der Waals surface area contributed by atoms with E-state index in [0.717, 1.165) is 37.0 Å². The van der Waals surface area contributed by atoms with Crippen LogP contribution in [0, 0.1) is 0 Å². The first-order valence-corrected chi connectivity index (χ1v) is 8.06. The Balaban J connectivity index is 1.71. The first-order valence-electron chi connectivity index (χ1n) is 8.06. The van der Waals surface area contributed by atoms with Gasteiger partial charge in [0.15, 0.2) is 0 Å². The molecule has 23 heavy (non-hydrogen) atoms. The second-order valence-electron chi connectivity index (χ2n) is 5.74. The quantitative estimate of drug-likeness (QED) is 0.792. The van der Waals surface area contributed by atoms with Gasteiger partial charge in [-0.1, -0.05) is 31.4 Å². The topological polar surface area (TPSA) is 67.4 Å². The summed E-state index contributed by atoms with van der Waals surface area (Å²) in [6, 6.07) is 7.71. The van der Waals surface area contributed by atoms with Gasteiger partial charge in [-0.15, -0.1) is 0 Å². The summed E-state index contributed by atoms with van der Waals surface area (Å²) in [7, 11) is 1.61. The molecule has 0 spiro atoms. The Kier molecular flexibility index (Phi) is 6.66. The monoisotopic (exact) mass is 316 g/mol. The van der Waals surface area contributed by atoms with Gasteiger partial charge in [0, 0.05) is 24.7 Å². The minimum absolute atomic E-state index is 0.198. The van der Waals surface area contributed by atoms with Crippen molar-refractivity contribution in [3.05, 3.63) is 42.0 Å². The Morgan fingerprint density at radius 2 is 1.74 bits per heavy atom. The van der Waals surface area contributed by atoms with Gasteiger partial charge in [-0.05, 0) is 30.5 Å². The first kappa shape index (κ1) is 17.1. The van der Waals surface area contributed by atoms with Crippen molar-refractivity contribution in [2.45, 2.75) is 44.7 Å². The second-order valence-corrected chi connectivity index (χ2v) is 5.74. The molecule has 1 aliphatic rings. The number of benzene rings is 1. The molecule has 0 saturated heterocycles. The molecule has 2 rings (SSSR count). The van der Waals surface area contributed by atoms with E-state index in [9.17, 15) is 9.59 Å². The molecular weight excluding hydrogens is 292 g/mol. The molecule has 0 radical (unpaired) electrons. The molecule has 2 amide bonds. The predicted molar refractivity (Wildman–Crippen MR) is 89.0 cm³/mol. The summed E-state index contributed by atoms with van der Waals surface area (Å²) in [5.74, 6) is 0.301. The zero-order chi connectivity index (χ0) is 16.5. The molecule has 1 saturated carbocycles. The highest BCUT2D eigenvalue weighted by atomic mass is 16.5. The van der Waals surface area contributed by atoms with Gasteiger partial charge in [-0.2, -0.15) is 0 Å². The summed E-state index contributed by atoms with van der Waals surface area (Å²) in [6.45, 7) is 0.414. The molecule has 1 aromatic rings. The molecule has 1 aliphatic carbocycles. The molecule has 1 aromatic carbocycles. The largest absolute Gasteiger partial charge is 0.497 e. The van der Waals surface area contributed by atoms with E-state index in [1.54, 1.807) is 7.11 Å². The molecule has 124 valence electrons. The maximum atomic E-state index is 11.8. The van der Waals surface area contributed by atoms with Crippen LogP contribution in [0.25, 0.3) is 0 Å². The van der Waals surface area contributed by atoms with Crippen LogP contribution < -0.4 is 15.4 Å². The summed E-state index contributed by atoms with van der Waals surface area (Å²) >= 11 is 0. The Hall–Kier alpha value is -2.30. The number of ether oxygens (including phenoxy) is 1. The van der Waals surface area contributed by atoms with Crippen LogP contribution in [-0.2, 0) is 16.1 Å². The number of nitrogens with one attached hydrogen (secondary N) is 2. The number of hydrogen-bond donors (Lipinski definition) is 2. The van der Waals surface area contributed by atoms with Gasteiger partial charge in [0.1, 0.15) is 5.75 Å². The maximum absolute atomic E-state index is 11.8. The van der Waals surface area contributed by atoms with E-state index in [-0.39, 0.29) is 17.9 Å². The Labute approximate surface area is 137 Å². The van der Waals surface area contributed by atoms with E-state index in [4.69, 9.17) is 4.74 Å². The minimum atomic E-state index is -0.278. The van der Waals surface area contributed by atoms with Gasteiger partial charge < -0.3 is 15.4 Å². The second kappa shape index (κ2) is 8.98. The highest BCUT2D eigenvalue weighted by molar-refractivity contribution is 5.96. The van der Waals surface area contributed by atoms with Crippen molar-refractivity contribution < 1.29 is 14.3 Å². The van der Waals surface area contributed by atoms with E-state index in [0.29, 0.717) is 6.54 Å². The van der Waals surface area contributed by atoms with Crippen molar-refractivity contribution >= 4 is 11.8 Å². The summed E-state index contributed by atoms with van der Waals surface area (Å²) in [4.78, 5) is 23.5. The third kappa shape index (κ3) is 6.14. The summed E-state index contributed by atoms with van der Waals surface area (Å²) in [5.41, 5.74) is 0.971. The fourth-order valence-electron chi connectivity index (χ4n) is 2.64. The molecule has 0 aliphatic heterocycles. The lowest BCUT2D eigenvalue weighted by Crippen LogP contribution is -2.35. The Morgan fingerprint density at radius 1 is 1.09 bits per heavy atom. The Bertz CT molecular complexity index is 546. The van der Waals surface area contributed by atoms with Crippen LogP contribution in [-0.4, -0.2) is 25.0 Å². The zero-order valence-corrected chi connectivity index (χ0v) is 13.5. The van der Waals surface area contributed by atoms with Crippen molar-refractivity contribution in [3.63, 3.8) is 0 Å². The molecule has 0 aromatic heterocycles. The number of carbonyl (C=O) groups excluding carboxylic acids is 2. The van der Waals surface area contributed by atoms with Gasteiger partial charge >= 0.3 is 0 Å². The number of hydrogen-bond acceptors (Lipinski definition) is 3. The highest BCUT2D eigenvalue weighted by Gasteiger charge is 2.14. The van der Waals surface area contributed by atoms with Gasteiger partial charge in [0.05, 0.1) is 7.11 Å². The summed E-state index contributed by atoms with van der Waals surface area (Å²) < 4.78 is 5.08. The van der Waals surface area contributed by atoms with Crippen molar-refractivity contribution in [2.75, 3.05) is 7.11 Å². The molecule has 0 bridgehead atoms. The molecule has 0 unspecified atom stereocenters. The molecule has 2 N–H and O–H groups in total. The third-order valence-corrected chi connectivity index (χ3v) is 3.96. The van der Waals surface area contributed by atoms with Crippen LogP contribution in [0.3, 0.4) is 0 Å². The molecule has 0 heterocycles. The first-order chi connectivity index (χ1) is 11.2. The van der Waals surface area contributed by atoms with Crippen molar-refractivity contribution in [1.82, 2.24) is 10.6 Å². The van der Waals surface area contributed by atoms with Crippen molar-refractivity contribution in [1.29, 1.82) is 0 Å². The number of amides is 2. The van der Waals surface area contributed by atoms with Crippen LogP contribution in [0.2, 0.25) is 0 Å². The van der Waals surface area contributed by atoms with Crippen LogP contribution in [0.1, 0.15) is 37.7 Å². The van der Waals surface area contributed by atoms with Crippen LogP contribution in [0.15, 0.2) is 36.4 Å². The van der Waals surface area contributed by atoms with E-state index in [1.165, 1.54) is 18.6 Å². The SMILES string of the molecule is COc1ccc(CNC(=O)/C=C/C(=O)NC2CCCCC2)cc1. The predicted octanol–water partition coefficient (Wildman–Crippen LogP) is 2.32. The van der Waals surface area contributed by atoms with Crippen molar-refractivity contribution in [3.8, 4) is 5.75 Å². The molecule has 5 nitrogen and oxygen atoms in total. The molecule has 5 heteroatoms. The van der Waals surface area contributed by atoms with Crippen LogP contribution in [0.5, 0.6) is 5.75 Å². The molecular formula is C18H24N2O3. The van der Waals surface area contributed by atoms with Crippen molar-refractivity contribution in [2.24, 2.45) is 0 Å². The molecule has 0 atom stereocenters. The normalized spacial score (nSPS) is 15.3. The van der Waals surface area contributed by atoms with Crippen LogP contribution >= 0.6 is 0 Å². The van der Waals surface area contributed by atoms with Gasteiger partial charge in [0.25, 0.3) is 0 Å². The van der Waals surface area contributed by atoms with E-state index in [1.807, 2.05) is 24.3 Å². The summed E-state index contributed by atoms with van der Waals surface area (Å²) in [6.07, 6.45) is 8.22. The minimum Gasteiger partial charge on any atom is -0.497 e. The lowest BCUT2D eigenvalue weighted by Gasteiger charge is -2.21. The zero-order valence-electron chi connectivity index (χ0n) is 13.5. The van der Waals surface area contributed by atoms with Gasteiger partial charge in [0.2, 0.25) is 11.8 Å². The van der Waals surface area contributed by atoms with E-state index >= 15 is 0 Å². The molecule has 1 fully saturated rings. The third-order valence-electron chi connectivity index (χ3n) is 3.96. The van der Waals surface area contributed by atoms with E-state index < -0.39 is 0 Å². The average molecular weight is 316 g/mol. The number of methoxy groups -OCH3 is 1. The van der Waals surface area contributed by atoms with Crippen LogP contribution in [0.4, 0.5) is 0 Å². The maximum Gasteiger partial charge on any atom is 0.244 e.